The van der Waals surface area contributed by atoms with E-state index in [2.05, 4.69) is 26.6 Å². The largest absolute Gasteiger partial charge is 0.350 e. The van der Waals surface area contributed by atoms with Gasteiger partial charge in [-0.05, 0) is 31.5 Å². The predicted octanol–water partition coefficient (Wildman–Crippen LogP) is 1.99. The normalized spacial score (nSPS) is 22.2. The molecule has 6 heteroatoms. The number of nitrogens with one attached hydrogen (secondary N) is 2. The van der Waals surface area contributed by atoms with Crippen LogP contribution < -0.4 is 10.6 Å². The number of carbonyl (C=O) groups is 2. The third-order valence-electron chi connectivity index (χ3n) is 3.11. The van der Waals surface area contributed by atoms with E-state index in [4.69, 9.17) is 0 Å². The summed E-state index contributed by atoms with van der Waals surface area (Å²) in [5, 5.41) is 5.54. The van der Waals surface area contributed by atoms with Gasteiger partial charge in [-0.1, -0.05) is 15.9 Å². The molecule has 0 radical (unpaired) electrons. The number of rotatable bonds is 3. The molecule has 2 amide bonds. The van der Waals surface area contributed by atoms with Crippen molar-refractivity contribution >= 4 is 27.7 Å². The second kappa shape index (κ2) is 5.28. The van der Waals surface area contributed by atoms with Crippen LogP contribution in [0, 0.1) is 5.82 Å². The smallest absolute Gasteiger partial charge is 0.251 e. The molecule has 0 saturated carbocycles. The number of hydrogen-bond donors (Lipinski definition) is 2. The van der Waals surface area contributed by atoms with E-state index in [1.807, 2.05) is 6.92 Å². The van der Waals surface area contributed by atoms with Crippen LogP contribution in [-0.4, -0.2) is 23.9 Å². The highest BCUT2D eigenvalue weighted by Gasteiger charge is 2.33. The Morgan fingerprint density at radius 2 is 2.26 bits per heavy atom. The summed E-state index contributed by atoms with van der Waals surface area (Å²) in [7, 11) is 0. The lowest BCUT2D eigenvalue weighted by molar-refractivity contribution is -0.119. The van der Waals surface area contributed by atoms with Gasteiger partial charge in [-0.15, -0.1) is 0 Å². The third kappa shape index (κ3) is 3.53. The summed E-state index contributed by atoms with van der Waals surface area (Å²) in [5.74, 6) is -0.840. The summed E-state index contributed by atoms with van der Waals surface area (Å²) in [6.07, 6.45) is 1.15. The molecule has 2 rings (SSSR count). The lowest BCUT2D eigenvalue weighted by Gasteiger charge is -2.24. The van der Waals surface area contributed by atoms with Crippen LogP contribution in [0.25, 0.3) is 0 Å². The minimum absolute atomic E-state index is 0.00903. The molecule has 0 unspecified atom stereocenters. The molecule has 102 valence electrons. The average Bonchev–Trinajstić information content (AvgIpc) is 2.66. The average molecular weight is 329 g/mol. The zero-order valence-corrected chi connectivity index (χ0v) is 12.0. The minimum atomic E-state index is -0.472. The van der Waals surface area contributed by atoms with Gasteiger partial charge in [0.1, 0.15) is 5.82 Å². The fraction of sp³-hybridized carbons (Fsp3) is 0.385. The Bertz CT molecular complexity index is 515. The van der Waals surface area contributed by atoms with Crippen molar-refractivity contribution in [2.75, 3.05) is 6.54 Å². The molecule has 1 aliphatic rings. The molecule has 0 aliphatic carbocycles. The standard InChI is InChI=1S/C13H14BrFN2O2/c1-13(3-2-11(18)17-13)7-16-12(19)8-4-9(14)6-10(15)5-8/h4-6H,2-3,7H2,1H3,(H,16,19)(H,17,18)/t13-/m1/s1. The molecule has 0 bridgehead atoms. The molecule has 4 nitrogen and oxygen atoms in total. The highest BCUT2D eigenvalue weighted by atomic mass is 79.9. The number of carbonyl (C=O) groups excluding carboxylic acids is 2. The summed E-state index contributed by atoms with van der Waals surface area (Å²) in [6.45, 7) is 2.20. The number of benzene rings is 1. The first-order valence-corrected chi connectivity index (χ1v) is 6.73. The van der Waals surface area contributed by atoms with Crippen molar-refractivity contribution in [3.05, 3.63) is 34.1 Å². The van der Waals surface area contributed by atoms with Crippen LogP contribution in [0.1, 0.15) is 30.1 Å². The second-order valence-electron chi connectivity index (χ2n) is 4.95. The molecule has 1 aromatic carbocycles. The topological polar surface area (TPSA) is 58.2 Å². The van der Waals surface area contributed by atoms with Crippen molar-refractivity contribution in [2.45, 2.75) is 25.3 Å². The summed E-state index contributed by atoms with van der Waals surface area (Å²) in [6, 6.07) is 4.01. The van der Waals surface area contributed by atoms with Crippen LogP contribution in [0.2, 0.25) is 0 Å². The van der Waals surface area contributed by atoms with Gasteiger partial charge < -0.3 is 10.6 Å². The molecule has 1 atom stereocenters. The molecule has 1 aromatic rings. The SMILES string of the molecule is C[C@]1(CNC(=O)c2cc(F)cc(Br)c2)CCC(=O)N1. The minimum Gasteiger partial charge on any atom is -0.350 e. The maximum atomic E-state index is 13.2. The Kier molecular flexibility index (Phi) is 3.89. The van der Waals surface area contributed by atoms with Gasteiger partial charge in [0, 0.05) is 23.0 Å². The van der Waals surface area contributed by atoms with Crippen LogP contribution in [-0.2, 0) is 4.79 Å². The summed E-state index contributed by atoms with van der Waals surface area (Å²) in [5.41, 5.74) is -0.170. The van der Waals surface area contributed by atoms with Crippen molar-refractivity contribution in [1.82, 2.24) is 10.6 Å². The summed E-state index contributed by atoms with van der Waals surface area (Å²) in [4.78, 5) is 23.1. The van der Waals surface area contributed by atoms with Gasteiger partial charge in [-0.25, -0.2) is 4.39 Å². The van der Waals surface area contributed by atoms with E-state index in [1.54, 1.807) is 6.07 Å². The Hall–Kier alpha value is -1.43. The number of hydrogen-bond acceptors (Lipinski definition) is 2. The molecule has 1 aliphatic heterocycles. The quantitative estimate of drug-likeness (QED) is 0.891. The molecule has 2 N–H and O–H groups in total. The fourth-order valence-electron chi connectivity index (χ4n) is 2.05. The zero-order chi connectivity index (χ0) is 14.0. The molecule has 0 aromatic heterocycles. The molecule has 1 heterocycles. The first-order valence-electron chi connectivity index (χ1n) is 5.93. The van der Waals surface area contributed by atoms with Gasteiger partial charge in [0.2, 0.25) is 5.91 Å². The Labute approximate surface area is 118 Å². The highest BCUT2D eigenvalue weighted by molar-refractivity contribution is 9.10. The summed E-state index contributed by atoms with van der Waals surface area (Å²) >= 11 is 3.14. The van der Waals surface area contributed by atoms with E-state index < -0.39 is 11.4 Å². The van der Waals surface area contributed by atoms with Gasteiger partial charge in [0.05, 0.1) is 5.54 Å². The maximum Gasteiger partial charge on any atom is 0.251 e. The van der Waals surface area contributed by atoms with Gasteiger partial charge >= 0.3 is 0 Å². The maximum absolute atomic E-state index is 13.2. The van der Waals surface area contributed by atoms with Gasteiger partial charge in [0.25, 0.3) is 5.91 Å². The second-order valence-corrected chi connectivity index (χ2v) is 5.87. The van der Waals surface area contributed by atoms with Gasteiger partial charge in [0.15, 0.2) is 0 Å². The molecule has 0 spiro atoms. The molecule has 1 fully saturated rings. The zero-order valence-electron chi connectivity index (χ0n) is 10.4. The van der Waals surface area contributed by atoms with Gasteiger partial charge in [-0.3, -0.25) is 9.59 Å². The number of amides is 2. The molecular formula is C13H14BrFN2O2. The lowest BCUT2D eigenvalue weighted by atomic mass is 10.0. The van der Waals surface area contributed by atoms with Crippen molar-refractivity contribution in [3.8, 4) is 0 Å². The van der Waals surface area contributed by atoms with Crippen molar-refractivity contribution in [3.63, 3.8) is 0 Å². The molecular weight excluding hydrogens is 315 g/mol. The predicted molar refractivity (Wildman–Crippen MR) is 72.2 cm³/mol. The van der Waals surface area contributed by atoms with Crippen molar-refractivity contribution in [1.29, 1.82) is 0 Å². The summed E-state index contributed by atoms with van der Waals surface area (Å²) < 4.78 is 13.7. The van der Waals surface area contributed by atoms with E-state index in [0.29, 0.717) is 23.9 Å². The van der Waals surface area contributed by atoms with E-state index in [0.717, 1.165) is 0 Å². The van der Waals surface area contributed by atoms with Crippen molar-refractivity contribution < 1.29 is 14.0 Å². The molecule has 1 saturated heterocycles. The monoisotopic (exact) mass is 328 g/mol. The fourth-order valence-corrected chi connectivity index (χ4v) is 2.51. The van der Waals surface area contributed by atoms with E-state index in [1.165, 1.54) is 12.1 Å². The van der Waals surface area contributed by atoms with Crippen LogP contribution in [0.4, 0.5) is 4.39 Å². The first-order chi connectivity index (χ1) is 8.88. The van der Waals surface area contributed by atoms with Crippen LogP contribution >= 0.6 is 15.9 Å². The Balaban J connectivity index is 2.00. The first kappa shape index (κ1) is 14.0. The van der Waals surface area contributed by atoms with E-state index in [-0.39, 0.29) is 17.4 Å². The Morgan fingerprint density at radius 3 is 2.84 bits per heavy atom. The van der Waals surface area contributed by atoms with E-state index >= 15 is 0 Å². The van der Waals surface area contributed by atoms with Crippen LogP contribution in [0.15, 0.2) is 22.7 Å². The highest BCUT2D eigenvalue weighted by Crippen LogP contribution is 2.19. The van der Waals surface area contributed by atoms with Crippen molar-refractivity contribution in [2.24, 2.45) is 0 Å². The number of halogens is 2. The molecule has 19 heavy (non-hydrogen) atoms. The Morgan fingerprint density at radius 1 is 1.53 bits per heavy atom. The van der Waals surface area contributed by atoms with Crippen LogP contribution in [0.5, 0.6) is 0 Å². The van der Waals surface area contributed by atoms with Gasteiger partial charge in [-0.2, -0.15) is 0 Å². The van der Waals surface area contributed by atoms with Crippen LogP contribution in [0.3, 0.4) is 0 Å². The third-order valence-corrected chi connectivity index (χ3v) is 3.57. The van der Waals surface area contributed by atoms with E-state index in [9.17, 15) is 14.0 Å². The lowest BCUT2D eigenvalue weighted by Crippen LogP contribution is -2.48.